The molecule has 200 valence electrons. The first-order valence-corrected chi connectivity index (χ1v) is 12.5. The number of likely N-dealkylation sites (tertiary alicyclic amines) is 3. The van der Waals surface area contributed by atoms with Crippen LogP contribution in [-0.4, -0.2) is 90.5 Å². The number of alkyl carbamates (subject to hydrolysis) is 1. The fourth-order valence-electron chi connectivity index (χ4n) is 5.68. The van der Waals surface area contributed by atoms with Crippen molar-refractivity contribution < 1.29 is 37.0 Å². The number of alkyl halides is 3. The fourth-order valence-corrected chi connectivity index (χ4v) is 5.68. The van der Waals surface area contributed by atoms with E-state index in [0.29, 0.717) is 63.1 Å². The van der Waals surface area contributed by atoms with Crippen LogP contribution in [0, 0.1) is 11.8 Å². The summed E-state index contributed by atoms with van der Waals surface area (Å²) in [6.45, 7) is 3.45. The molecule has 4 saturated heterocycles. The number of rotatable bonds is 3. The first kappa shape index (κ1) is 25.2. The summed E-state index contributed by atoms with van der Waals surface area (Å²) < 4.78 is 46.0. The number of ether oxygens (including phenoxy) is 2. The van der Waals surface area contributed by atoms with Gasteiger partial charge in [-0.3, -0.25) is 4.79 Å². The molecule has 0 bridgehead atoms. The zero-order valence-electron chi connectivity index (χ0n) is 20.2. The predicted octanol–water partition coefficient (Wildman–Crippen LogP) is 3.07. The largest absolute Gasteiger partial charge is 0.573 e. The van der Waals surface area contributed by atoms with Gasteiger partial charge in [0.1, 0.15) is 11.9 Å². The second-order valence-electron chi connectivity index (χ2n) is 9.99. The van der Waals surface area contributed by atoms with Gasteiger partial charge in [-0.25, -0.2) is 9.59 Å². The molecule has 37 heavy (non-hydrogen) atoms. The lowest BCUT2D eigenvalue weighted by atomic mass is 9.92. The van der Waals surface area contributed by atoms with Crippen LogP contribution >= 0.6 is 0 Å². The van der Waals surface area contributed by atoms with Crippen molar-refractivity contribution in [2.75, 3.05) is 39.3 Å². The van der Waals surface area contributed by atoms with Crippen molar-refractivity contribution >= 4 is 24.1 Å². The summed E-state index contributed by atoms with van der Waals surface area (Å²) in [7, 11) is 0. The monoisotopic (exact) mass is 522 g/mol. The molecule has 12 heteroatoms. The number of nitrogens with one attached hydrogen (secondary N) is 1. The minimum Gasteiger partial charge on any atom is -0.442 e. The molecule has 1 aromatic carbocycles. The highest BCUT2D eigenvalue weighted by Gasteiger charge is 2.43. The average Bonchev–Trinajstić information content (AvgIpc) is 3.37. The molecule has 0 aromatic heterocycles. The normalized spacial score (nSPS) is 27.9. The highest BCUT2D eigenvalue weighted by Crippen LogP contribution is 2.33. The average molecular weight is 523 g/mol. The summed E-state index contributed by atoms with van der Waals surface area (Å²) in [4.78, 5) is 42.8. The summed E-state index contributed by atoms with van der Waals surface area (Å²) in [5.74, 6) is 0.169. The van der Waals surface area contributed by atoms with Gasteiger partial charge in [-0.2, -0.15) is 0 Å². The van der Waals surface area contributed by atoms with E-state index in [-0.39, 0.29) is 29.8 Å². The molecule has 0 saturated carbocycles. The van der Waals surface area contributed by atoms with Crippen molar-refractivity contribution in [1.29, 1.82) is 0 Å². The minimum absolute atomic E-state index is 0.0167. The van der Waals surface area contributed by atoms with E-state index in [9.17, 15) is 27.6 Å². The molecular weight excluding hydrogens is 493 g/mol. The van der Waals surface area contributed by atoms with E-state index >= 15 is 0 Å². The Morgan fingerprint density at radius 3 is 2.24 bits per heavy atom. The lowest BCUT2D eigenvalue weighted by Gasteiger charge is -2.35. The number of amides is 4. The Morgan fingerprint density at radius 2 is 1.59 bits per heavy atom. The summed E-state index contributed by atoms with van der Waals surface area (Å²) >= 11 is 0. The number of halogens is 3. The van der Waals surface area contributed by atoms with E-state index in [0.717, 1.165) is 12.8 Å². The van der Waals surface area contributed by atoms with Gasteiger partial charge in [-0.15, -0.1) is 13.2 Å². The van der Waals surface area contributed by atoms with Crippen LogP contribution in [0.3, 0.4) is 0 Å². The molecular formula is C25H29F3N4O5. The van der Waals surface area contributed by atoms with E-state index in [1.807, 2.05) is 4.90 Å². The van der Waals surface area contributed by atoms with Crippen molar-refractivity contribution in [2.24, 2.45) is 11.8 Å². The maximum atomic E-state index is 13.1. The molecule has 4 aliphatic rings. The zero-order chi connectivity index (χ0) is 26.2. The Hall–Kier alpha value is -3.44. The van der Waals surface area contributed by atoms with Crippen LogP contribution < -0.4 is 10.1 Å². The van der Waals surface area contributed by atoms with E-state index in [1.165, 1.54) is 30.3 Å². The van der Waals surface area contributed by atoms with Crippen LogP contribution in [0.4, 0.5) is 22.8 Å². The van der Waals surface area contributed by atoms with Gasteiger partial charge in [0.05, 0.1) is 12.6 Å². The molecule has 4 fully saturated rings. The van der Waals surface area contributed by atoms with E-state index < -0.39 is 12.5 Å². The topological polar surface area (TPSA) is 91.4 Å². The van der Waals surface area contributed by atoms with Gasteiger partial charge in [-0.1, -0.05) is 12.1 Å². The third kappa shape index (κ3) is 5.94. The van der Waals surface area contributed by atoms with E-state index in [4.69, 9.17) is 4.74 Å². The third-order valence-corrected chi connectivity index (χ3v) is 7.62. The number of carbonyl (C=O) groups excluding carboxylic acids is 3. The Bertz CT molecular complexity index is 1050. The Kier molecular flexibility index (Phi) is 6.91. The van der Waals surface area contributed by atoms with Crippen molar-refractivity contribution in [3.05, 3.63) is 35.9 Å². The molecule has 1 N–H and O–H groups in total. The zero-order valence-corrected chi connectivity index (χ0v) is 20.2. The van der Waals surface area contributed by atoms with Gasteiger partial charge in [-0.05, 0) is 54.9 Å². The predicted molar refractivity (Wildman–Crippen MR) is 125 cm³/mol. The van der Waals surface area contributed by atoms with Crippen molar-refractivity contribution in [2.45, 2.75) is 37.8 Å². The molecule has 4 heterocycles. The Morgan fingerprint density at radius 1 is 0.946 bits per heavy atom. The summed E-state index contributed by atoms with van der Waals surface area (Å²) in [5.41, 5.74) is 0.593. The Labute approximate surface area is 212 Å². The maximum absolute atomic E-state index is 13.1. The molecule has 4 aliphatic heterocycles. The molecule has 9 nitrogen and oxygen atoms in total. The number of hydrogen-bond acceptors (Lipinski definition) is 5. The SMILES string of the molecule is O=C1NC2CCN(C(=O)N3CC4CCN(C(=O)/C=C/c5ccc(OC(F)(F)F)cc5)CCC4C3)CC2O1. The van der Waals surface area contributed by atoms with Crippen LogP contribution in [0.5, 0.6) is 5.75 Å². The van der Waals surface area contributed by atoms with Crippen LogP contribution in [0.15, 0.2) is 30.3 Å². The van der Waals surface area contributed by atoms with Gasteiger partial charge < -0.3 is 29.5 Å². The number of benzene rings is 1. The molecule has 4 unspecified atom stereocenters. The summed E-state index contributed by atoms with van der Waals surface area (Å²) in [5, 5.41) is 2.78. The molecule has 4 atom stereocenters. The fraction of sp³-hybridized carbons (Fsp3) is 0.560. The number of hydrogen-bond donors (Lipinski definition) is 1. The second kappa shape index (κ2) is 10.1. The van der Waals surface area contributed by atoms with Crippen molar-refractivity contribution in [3.63, 3.8) is 0 Å². The van der Waals surface area contributed by atoms with Gasteiger partial charge in [0.25, 0.3) is 0 Å². The van der Waals surface area contributed by atoms with E-state index in [2.05, 4.69) is 10.1 Å². The van der Waals surface area contributed by atoms with Crippen molar-refractivity contribution in [3.8, 4) is 5.75 Å². The molecule has 0 aliphatic carbocycles. The first-order valence-electron chi connectivity index (χ1n) is 12.5. The number of nitrogens with zero attached hydrogens (tertiary/aromatic N) is 3. The van der Waals surface area contributed by atoms with Gasteiger partial charge >= 0.3 is 18.5 Å². The molecule has 0 radical (unpaired) electrons. The molecule has 0 spiro atoms. The smallest absolute Gasteiger partial charge is 0.442 e. The van der Waals surface area contributed by atoms with Crippen molar-refractivity contribution in [1.82, 2.24) is 20.0 Å². The van der Waals surface area contributed by atoms with Crippen LogP contribution in [0.1, 0.15) is 24.8 Å². The minimum atomic E-state index is -4.75. The number of piperidine rings is 1. The van der Waals surface area contributed by atoms with Gasteiger partial charge in [0, 0.05) is 38.8 Å². The van der Waals surface area contributed by atoms with Gasteiger partial charge in [0.2, 0.25) is 5.91 Å². The number of carbonyl (C=O) groups is 3. The van der Waals surface area contributed by atoms with Crippen LogP contribution in [0.25, 0.3) is 6.08 Å². The van der Waals surface area contributed by atoms with E-state index in [1.54, 1.807) is 15.9 Å². The van der Waals surface area contributed by atoms with Gasteiger partial charge in [0.15, 0.2) is 0 Å². The highest BCUT2D eigenvalue weighted by atomic mass is 19.4. The lowest BCUT2D eigenvalue weighted by Crippen LogP contribution is -2.53. The molecule has 5 rings (SSSR count). The van der Waals surface area contributed by atoms with Crippen LogP contribution in [0.2, 0.25) is 0 Å². The Balaban J connectivity index is 1.10. The molecule has 1 aromatic rings. The lowest BCUT2D eigenvalue weighted by molar-refractivity contribution is -0.274. The summed E-state index contributed by atoms with van der Waals surface area (Å²) in [6.07, 6.45) is -0.181. The summed E-state index contributed by atoms with van der Waals surface area (Å²) in [6, 6.07) is 5.28. The quantitative estimate of drug-likeness (QED) is 0.617. The third-order valence-electron chi connectivity index (χ3n) is 7.62. The number of fused-ring (bicyclic) bond motifs is 2. The maximum Gasteiger partial charge on any atom is 0.573 e. The second-order valence-corrected chi connectivity index (χ2v) is 9.99. The van der Waals surface area contributed by atoms with Crippen LogP contribution in [-0.2, 0) is 9.53 Å². The number of urea groups is 1. The standard InChI is InChI=1S/C25H29F3N4O5/c26-25(27,28)37-19-4-1-16(2-5-19)3-6-22(33)30-10-7-17-13-32(14-18(17)8-11-30)24(35)31-12-9-20-21(15-31)36-23(34)29-20/h1-6,17-18,20-21H,7-15H2,(H,29,34)/b6-3+. The molecule has 4 amide bonds. The highest BCUT2D eigenvalue weighted by molar-refractivity contribution is 5.91. The first-order chi connectivity index (χ1) is 17.6.